The van der Waals surface area contributed by atoms with E-state index in [1.807, 2.05) is 6.92 Å². The first-order valence-corrected chi connectivity index (χ1v) is 9.04. The summed E-state index contributed by atoms with van der Waals surface area (Å²) >= 11 is 12.1. The van der Waals surface area contributed by atoms with Crippen LogP contribution in [0, 0.1) is 10.1 Å². The fraction of sp³-hybridized carbons (Fsp3) is 0.278. The fourth-order valence-corrected chi connectivity index (χ4v) is 2.94. The lowest BCUT2D eigenvalue weighted by molar-refractivity contribution is -0.385. The minimum Gasteiger partial charge on any atom is -0.493 e. The molecule has 2 aromatic carbocycles. The van der Waals surface area contributed by atoms with Gasteiger partial charge in [0.1, 0.15) is 5.82 Å². The van der Waals surface area contributed by atoms with Crippen molar-refractivity contribution in [3.63, 3.8) is 0 Å². The molecule has 0 saturated heterocycles. The second-order valence-corrected chi connectivity index (χ2v) is 6.67. The molecule has 0 saturated carbocycles. The molecule has 0 radical (unpaired) electrons. The van der Waals surface area contributed by atoms with E-state index >= 15 is 0 Å². The second-order valence-electron chi connectivity index (χ2n) is 5.85. The third kappa shape index (κ3) is 3.94. The normalized spacial score (nSPS) is 11.0. The Balaban J connectivity index is 2.10. The van der Waals surface area contributed by atoms with Gasteiger partial charge in [-0.05, 0) is 24.6 Å². The lowest BCUT2D eigenvalue weighted by atomic mass is 10.1. The summed E-state index contributed by atoms with van der Waals surface area (Å²) in [7, 11) is 1.44. The molecule has 9 heteroatoms. The number of aromatic amines is 1. The third-order valence-corrected chi connectivity index (χ3v) is 4.72. The molecule has 0 unspecified atom stereocenters. The van der Waals surface area contributed by atoms with Crippen LogP contribution in [-0.2, 0) is 0 Å². The van der Waals surface area contributed by atoms with Gasteiger partial charge in [0.05, 0.1) is 39.7 Å². The molecule has 3 aromatic rings. The Kier molecular flexibility index (Phi) is 5.72. The number of hydrogen-bond acceptors (Lipinski definition) is 5. The van der Waals surface area contributed by atoms with E-state index in [0.717, 1.165) is 12.8 Å². The van der Waals surface area contributed by atoms with Crippen LogP contribution in [0.15, 0.2) is 24.3 Å². The predicted molar refractivity (Wildman–Crippen MR) is 105 cm³/mol. The Morgan fingerprint density at radius 1 is 1.22 bits per heavy atom. The highest BCUT2D eigenvalue weighted by molar-refractivity contribution is 6.42. The topological polar surface area (TPSA) is 90.3 Å². The first kappa shape index (κ1) is 19.3. The van der Waals surface area contributed by atoms with Gasteiger partial charge >= 0.3 is 5.69 Å². The number of nitro groups is 1. The van der Waals surface area contributed by atoms with E-state index in [-0.39, 0.29) is 17.2 Å². The van der Waals surface area contributed by atoms with Gasteiger partial charge in [-0.15, -0.1) is 0 Å². The maximum absolute atomic E-state index is 11.6. The quantitative estimate of drug-likeness (QED) is 0.310. The van der Waals surface area contributed by atoms with Gasteiger partial charge in [0.2, 0.25) is 5.75 Å². The summed E-state index contributed by atoms with van der Waals surface area (Å²) in [5.74, 6) is 0.818. The van der Waals surface area contributed by atoms with Crippen LogP contribution >= 0.6 is 23.2 Å². The van der Waals surface area contributed by atoms with Gasteiger partial charge in [-0.1, -0.05) is 36.5 Å². The van der Waals surface area contributed by atoms with Crippen molar-refractivity contribution in [1.82, 2.24) is 9.97 Å². The average molecular weight is 410 g/mol. The highest BCUT2D eigenvalue weighted by atomic mass is 35.5. The predicted octanol–water partition coefficient (Wildman–Crippen LogP) is 5.63. The molecule has 7 nitrogen and oxygen atoms in total. The molecule has 0 aliphatic carbocycles. The molecular weight excluding hydrogens is 393 g/mol. The molecule has 1 aromatic heterocycles. The van der Waals surface area contributed by atoms with E-state index < -0.39 is 4.92 Å². The number of halogens is 2. The maximum Gasteiger partial charge on any atom is 0.315 e. The monoisotopic (exact) mass is 409 g/mol. The molecule has 0 aliphatic heterocycles. The molecule has 0 aliphatic rings. The Labute approximate surface area is 165 Å². The van der Waals surface area contributed by atoms with Crippen LogP contribution in [-0.4, -0.2) is 28.6 Å². The summed E-state index contributed by atoms with van der Waals surface area (Å²) in [6.07, 6.45) is 1.70. The summed E-state index contributed by atoms with van der Waals surface area (Å²) in [5.41, 5.74) is 1.58. The van der Waals surface area contributed by atoms with Crippen LogP contribution in [0.2, 0.25) is 10.0 Å². The van der Waals surface area contributed by atoms with Crippen molar-refractivity contribution < 1.29 is 14.4 Å². The van der Waals surface area contributed by atoms with E-state index in [4.69, 9.17) is 32.7 Å². The Morgan fingerprint density at radius 3 is 2.63 bits per heavy atom. The summed E-state index contributed by atoms with van der Waals surface area (Å²) in [5, 5.41) is 12.3. The number of aromatic nitrogens is 2. The van der Waals surface area contributed by atoms with Crippen LogP contribution in [0.5, 0.6) is 11.5 Å². The van der Waals surface area contributed by atoms with Gasteiger partial charge in [-0.2, -0.15) is 0 Å². The van der Waals surface area contributed by atoms with Gasteiger partial charge < -0.3 is 14.5 Å². The molecule has 1 N–H and O–H groups in total. The van der Waals surface area contributed by atoms with Gasteiger partial charge in [0.25, 0.3) is 0 Å². The van der Waals surface area contributed by atoms with Crippen LogP contribution in [0.1, 0.15) is 19.8 Å². The first-order valence-electron chi connectivity index (χ1n) is 8.29. The first-order chi connectivity index (χ1) is 12.9. The van der Waals surface area contributed by atoms with E-state index in [1.165, 1.54) is 13.2 Å². The lowest BCUT2D eigenvalue weighted by Gasteiger charge is -2.12. The van der Waals surface area contributed by atoms with Gasteiger partial charge in [-0.25, -0.2) is 4.98 Å². The summed E-state index contributed by atoms with van der Waals surface area (Å²) in [6.45, 7) is 2.38. The second kappa shape index (κ2) is 8.02. The number of unbranched alkanes of at least 4 members (excludes halogenated alkanes) is 1. The highest BCUT2D eigenvalue weighted by Crippen LogP contribution is 2.41. The number of benzene rings is 2. The van der Waals surface area contributed by atoms with Crippen molar-refractivity contribution in [3.8, 4) is 22.9 Å². The zero-order chi connectivity index (χ0) is 19.6. The van der Waals surface area contributed by atoms with E-state index in [1.54, 1.807) is 18.2 Å². The number of imidazole rings is 1. The number of rotatable bonds is 7. The number of nitro benzene ring substituents is 1. The maximum atomic E-state index is 11.6. The molecule has 0 bridgehead atoms. The van der Waals surface area contributed by atoms with Gasteiger partial charge in [-0.3, -0.25) is 10.1 Å². The standard InChI is InChI=1S/C18H17Cl2N3O4/c1-3-4-5-27-17-15(23(24)25)6-10(7-16(17)26-2)18-21-13-8-11(19)12(20)9-14(13)22-18/h6-9H,3-5H2,1-2H3,(H,21,22). The molecule has 3 rings (SSSR count). The van der Waals surface area contributed by atoms with Crippen molar-refractivity contribution in [2.24, 2.45) is 0 Å². The Hall–Kier alpha value is -2.51. The summed E-state index contributed by atoms with van der Waals surface area (Å²) < 4.78 is 10.9. The number of H-pyrrole nitrogens is 1. The van der Waals surface area contributed by atoms with Crippen LogP contribution in [0.4, 0.5) is 5.69 Å². The molecule has 0 atom stereocenters. The largest absolute Gasteiger partial charge is 0.493 e. The minimum atomic E-state index is -0.496. The third-order valence-electron chi connectivity index (χ3n) is 3.99. The van der Waals surface area contributed by atoms with Crippen molar-refractivity contribution in [3.05, 3.63) is 44.4 Å². The molecule has 0 amide bonds. The molecule has 27 heavy (non-hydrogen) atoms. The van der Waals surface area contributed by atoms with Crippen LogP contribution < -0.4 is 9.47 Å². The van der Waals surface area contributed by atoms with Gasteiger partial charge in [0.15, 0.2) is 5.75 Å². The van der Waals surface area contributed by atoms with E-state index in [0.29, 0.717) is 39.1 Å². The summed E-state index contributed by atoms with van der Waals surface area (Å²) in [4.78, 5) is 18.6. The zero-order valence-corrected chi connectivity index (χ0v) is 16.2. The summed E-state index contributed by atoms with van der Waals surface area (Å²) in [6, 6.07) is 6.34. The molecule has 142 valence electrons. The number of fused-ring (bicyclic) bond motifs is 1. The van der Waals surface area contributed by atoms with Crippen LogP contribution in [0.3, 0.4) is 0 Å². The smallest absolute Gasteiger partial charge is 0.315 e. The number of ether oxygens (including phenoxy) is 2. The fourth-order valence-electron chi connectivity index (χ4n) is 2.62. The van der Waals surface area contributed by atoms with E-state index in [2.05, 4.69) is 9.97 Å². The Morgan fingerprint density at radius 2 is 1.96 bits per heavy atom. The van der Waals surface area contributed by atoms with Crippen molar-refractivity contribution in [2.75, 3.05) is 13.7 Å². The SMILES string of the molecule is CCCCOc1c(OC)cc(-c2nc3cc(Cl)c(Cl)cc3[nH]2)cc1[N+](=O)[O-]. The number of nitrogens with one attached hydrogen (secondary N) is 1. The molecule has 1 heterocycles. The van der Waals surface area contributed by atoms with Crippen molar-refractivity contribution in [1.29, 1.82) is 0 Å². The zero-order valence-electron chi connectivity index (χ0n) is 14.7. The average Bonchev–Trinajstić information content (AvgIpc) is 3.04. The molecular formula is C18H17Cl2N3O4. The molecule has 0 spiro atoms. The molecule has 0 fully saturated rings. The number of methoxy groups -OCH3 is 1. The Bertz CT molecular complexity index is 965. The van der Waals surface area contributed by atoms with Crippen LogP contribution in [0.25, 0.3) is 22.4 Å². The number of hydrogen-bond donors (Lipinski definition) is 1. The minimum absolute atomic E-state index is 0.113. The van der Waals surface area contributed by atoms with Crippen molar-refractivity contribution >= 4 is 39.9 Å². The number of nitrogens with zero attached hydrogens (tertiary/aromatic N) is 2. The lowest BCUT2D eigenvalue weighted by Crippen LogP contribution is -2.03. The van der Waals surface area contributed by atoms with Gasteiger partial charge in [0, 0.05) is 11.6 Å². The highest BCUT2D eigenvalue weighted by Gasteiger charge is 2.24. The van der Waals surface area contributed by atoms with E-state index in [9.17, 15) is 10.1 Å². The van der Waals surface area contributed by atoms with Crippen molar-refractivity contribution in [2.45, 2.75) is 19.8 Å².